The molecule has 2 bridgehead atoms. The van der Waals surface area contributed by atoms with E-state index >= 15 is 0 Å². The Morgan fingerprint density at radius 3 is 2.46 bits per heavy atom. The van der Waals surface area contributed by atoms with Gasteiger partial charge >= 0.3 is 0 Å². The maximum atomic E-state index is 13.8. The van der Waals surface area contributed by atoms with Crippen molar-refractivity contribution < 1.29 is 19.1 Å². The second-order valence-electron chi connectivity index (χ2n) is 10.5. The predicted octanol–water partition coefficient (Wildman–Crippen LogP) is 2.83. The number of fused-ring (bicyclic) bond motifs is 11. The SMILES string of the molecule is CC(C)[C@@H]1Oc2ccc(cc2)/C=C\NC(=O)[C@H](C)NC(=O)[C@H]1NC(=O)[C@H](Cc1c[nH]c2ccccc12)N(C)C. The van der Waals surface area contributed by atoms with E-state index in [0.29, 0.717) is 12.2 Å². The third-order valence-electron chi connectivity index (χ3n) is 6.99. The Morgan fingerprint density at radius 2 is 1.77 bits per heavy atom. The molecule has 1 aromatic heterocycles. The highest BCUT2D eigenvalue weighted by molar-refractivity contribution is 5.94. The van der Waals surface area contributed by atoms with E-state index in [9.17, 15) is 14.4 Å². The van der Waals surface area contributed by atoms with Crippen LogP contribution in [0.3, 0.4) is 0 Å². The Balaban J connectivity index is 1.64. The van der Waals surface area contributed by atoms with Crippen LogP contribution in [-0.4, -0.2) is 65.9 Å². The first-order valence-electron chi connectivity index (χ1n) is 13.2. The maximum Gasteiger partial charge on any atom is 0.247 e. The fourth-order valence-corrected chi connectivity index (χ4v) is 4.68. The van der Waals surface area contributed by atoms with Gasteiger partial charge in [0.15, 0.2) is 0 Å². The van der Waals surface area contributed by atoms with Crippen LogP contribution in [0.5, 0.6) is 5.75 Å². The van der Waals surface area contributed by atoms with Crippen molar-refractivity contribution in [3.63, 3.8) is 0 Å². The van der Waals surface area contributed by atoms with Crippen molar-refractivity contribution in [1.82, 2.24) is 25.8 Å². The van der Waals surface area contributed by atoms with E-state index in [1.54, 1.807) is 13.0 Å². The average molecular weight is 532 g/mol. The van der Waals surface area contributed by atoms with Crippen LogP contribution in [0, 0.1) is 5.92 Å². The Labute approximate surface area is 229 Å². The maximum absolute atomic E-state index is 13.8. The number of aromatic nitrogens is 1. The molecule has 39 heavy (non-hydrogen) atoms. The molecule has 0 spiro atoms. The highest BCUT2D eigenvalue weighted by atomic mass is 16.5. The summed E-state index contributed by atoms with van der Waals surface area (Å²) in [5, 5.41) is 9.47. The molecule has 0 radical (unpaired) electrons. The van der Waals surface area contributed by atoms with E-state index in [-0.39, 0.29) is 17.7 Å². The van der Waals surface area contributed by atoms with E-state index in [2.05, 4.69) is 20.9 Å². The summed E-state index contributed by atoms with van der Waals surface area (Å²) in [7, 11) is 3.68. The van der Waals surface area contributed by atoms with E-state index in [0.717, 1.165) is 22.0 Å². The van der Waals surface area contributed by atoms with E-state index in [1.807, 2.05) is 87.6 Å². The lowest BCUT2D eigenvalue weighted by Gasteiger charge is -2.33. The first kappa shape index (κ1) is 27.9. The second kappa shape index (κ2) is 12.2. The fraction of sp³-hybridized carbons (Fsp3) is 0.367. The number of H-pyrrole nitrogens is 1. The molecule has 3 amide bonds. The summed E-state index contributed by atoms with van der Waals surface area (Å²) >= 11 is 0. The quantitative estimate of drug-likeness (QED) is 0.391. The largest absolute Gasteiger partial charge is 0.487 e. The molecule has 4 atom stereocenters. The number of para-hydroxylation sites is 1. The highest BCUT2D eigenvalue weighted by Gasteiger charge is 2.37. The monoisotopic (exact) mass is 531 g/mol. The van der Waals surface area contributed by atoms with Crippen LogP contribution < -0.4 is 20.7 Å². The van der Waals surface area contributed by atoms with Gasteiger partial charge in [-0.3, -0.25) is 19.3 Å². The molecule has 4 N–H and O–H groups in total. The number of likely N-dealkylation sites (N-methyl/N-ethyl adjacent to an activating group) is 1. The lowest BCUT2D eigenvalue weighted by atomic mass is 9.96. The zero-order chi connectivity index (χ0) is 28.1. The zero-order valence-corrected chi connectivity index (χ0v) is 23.0. The van der Waals surface area contributed by atoms with Crippen molar-refractivity contribution in [2.45, 2.75) is 51.4 Å². The topological polar surface area (TPSA) is 116 Å². The molecule has 3 aromatic rings. The van der Waals surface area contributed by atoms with Gasteiger partial charge in [-0.05, 0) is 68.8 Å². The molecule has 5 rings (SSSR count). The average Bonchev–Trinajstić information content (AvgIpc) is 3.31. The first-order valence-corrected chi connectivity index (χ1v) is 13.2. The summed E-state index contributed by atoms with van der Waals surface area (Å²) in [6, 6.07) is 12.9. The van der Waals surface area contributed by atoms with Crippen molar-refractivity contribution in [1.29, 1.82) is 0 Å². The number of carbonyl (C=O) groups is 3. The molecule has 0 saturated heterocycles. The minimum absolute atomic E-state index is 0.135. The Bertz CT molecular complexity index is 1340. The van der Waals surface area contributed by atoms with Gasteiger partial charge in [-0.2, -0.15) is 0 Å². The normalized spacial score (nSPS) is 21.7. The number of benzene rings is 2. The summed E-state index contributed by atoms with van der Waals surface area (Å²) in [6.07, 6.45) is 4.97. The van der Waals surface area contributed by atoms with Crippen molar-refractivity contribution in [3.8, 4) is 5.75 Å². The van der Waals surface area contributed by atoms with Crippen molar-refractivity contribution in [3.05, 3.63) is 72.1 Å². The number of amides is 3. The number of hydrogen-bond donors (Lipinski definition) is 4. The number of nitrogens with one attached hydrogen (secondary N) is 4. The van der Waals surface area contributed by atoms with Crippen LogP contribution in [0.1, 0.15) is 31.9 Å². The van der Waals surface area contributed by atoms with E-state index in [4.69, 9.17) is 4.74 Å². The van der Waals surface area contributed by atoms with Crippen LogP contribution in [0.4, 0.5) is 0 Å². The minimum Gasteiger partial charge on any atom is -0.487 e. The number of carbonyl (C=O) groups excluding carboxylic acids is 3. The second-order valence-corrected chi connectivity index (χ2v) is 10.5. The van der Waals surface area contributed by atoms with Crippen molar-refractivity contribution in [2.24, 2.45) is 5.92 Å². The number of rotatable bonds is 6. The van der Waals surface area contributed by atoms with E-state index in [1.165, 1.54) is 6.20 Å². The van der Waals surface area contributed by atoms with Gasteiger partial charge in [-0.15, -0.1) is 0 Å². The number of aromatic amines is 1. The summed E-state index contributed by atoms with van der Waals surface area (Å²) in [5.74, 6) is -0.729. The third kappa shape index (κ3) is 6.67. The lowest BCUT2D eigenvalue weighted by Crippen LogP contribution is -2.61. The van der Waals surface area contributed by atoms with Gasteiger partial charge in [0, 0.05) is 23.3 Å². The molecular weight excluding hydrogens is 494 g/mol. The molecule has 2 aromatic carbocycles. The zero-order valence-electron chi connectivity index (χ0n) is 23.0. The number of nitrogens with zero attached hydrogens (tertiary/aromatic N) is 1. The summed E-state index contributed by atoms with van der Waals surface area (Å²) in [5.41, 5.74) is 2.88. The Morgan fingerprint density at radius 1 is 1.05 bits per heavy atom. The van der Waals surface area contributed by atoms with Crippen LogP contribution in [-0.2, 0) is 20.8 Å². The lowest BCUT2D eigenvalue weighted by molar-refractivity contribution is -0.135. The van der Waals surface area contributed by atoms with Gasteiger partial charge in [-0.25, -0.2) is 0 Å². The number of ether oxygens (including phenoxy) is 1. The smallest absolute Gasteiger partial charge is 0.247 e. The Kier molecular flexibility index (Phi) is 8.71. The standard InChI is InChI=1S/C30H37N5O4/c1-18(2)27-26(30(38)33-19(3)28(36)31-15-14-20-10-12-22(39-27)13-11-20)34-29(37)25(35(4)5)16-21-17-32-24-9-7-6-8-23(21)24/h6-15,17-19,25-27,32H,16H2,1-5H3,(H,31,36)(H,33,38)(H,34,37)/b15-14-/t19-,25-,26-,27-/m0/s1. The van der Waals surface area contributed by atoms with Gasteiger partial charge in [0.05, 0.1) is 6.04 Å². The molecule has 3 heterocycles. The molecule has 0 unspecified atom stereocenters. The molecule has 0 aliphatic carbocycles. The van der Waals surface area contributed by atoms with Gasteiger partial charge in [0.1, 0.15) is 23.9 Å². The van der Waals surface area contributed by atoms with Crippen LogP contribution in [0.25, 0.3) is 17.0 Å². The molecule has 2 aliphatic rings. The summed E-state index contributed by atoms with van der Waals surface area (Å²) in [6.45, 7) is 5.47. The molecular formula is C30H37N5O4. The van der Waals surface area contributed by atoms with Gasteiger partial charge in [0.2, 0.25) is 17.7 Å². The van der Waals surface area contributed by atoms with Crippen LogP contribution in [0.15, 0.2) is 60.9 Å². The van der Waals surface area contributed by atoms with Crippen LogP contribution in [0.2, 0.25) is 0 Å². The first-order chi connectivity index (χ1) is 18.6. The predicted molar refractivity (Wildman–Crippen MR) is 152 cm³/mol. The molecule has 9 heteroatoms. The number of hydrogen-bond acceptors (Lipinski definition) is 5. The molecule has 0 saturated carbocycles. The Hall–Kier alpha value is -4.11. The minimum atomic E-state index is -1.05. The van der Waals surface area contributed by atoms with Crippen molar-refractivity contribution in [2.75, 3.05) is 14.1 Å². The highest BCUT2D eigenvalue weighted by Crippen LogP contribution is 2.22. The summed E-state index contributed by atoms with van der Waals surface area (Å²) < 4.78 is 6.30. The van der Waals surface area contributed by atoms with Gasteiger partial charge < -0.3 is 25.7 Å². The van der Waals surface area contributed by atoms with E-state index < -0.39 is 30.1 Å². The molecule has 9 nitrogen and oxygen atoms in total. The summed E-state index contributed by atoms with van der Waals surface area (Å²) in [4.78, 5) is 45.1. The molecule has 206 valence electrons. The van der Waals surface area contributed by atoms with Gasteiger partial charge in [0.25, 0.3) is 0 Å². The van der Waals surface area contributed by atoms with Gasteiger partial charge in [-0.1, -0.05) is 44.2 Å². The molecule has 2 aliphatic heterocycles. The fourth-order valence-electron chi connectivity index (χ4n) is 4.68. The van der Waals surface area contributed by atoms with Crippen molar-refractivity contribution >= 4 is 34.7 Å². The van der Waals surface area contributed by atoms with Crippen LogP contribution >= 0.6 is 0 Å². The molecule has 0 fully saturated rings. The third-order valence-corrected chi connectivity index (χ3v) is 6.99.